The second kappa shape index (κ2) is 5.77. The first-order valence-corrected chi connectivity index (χ1v) is 8.41. The van der Waals surface area contributed by atoms with E-state index in [1.165, 1.54) is 0 Å². The van der Waals surface area contributed by atoms with Crippen LogP contribution in [0.1, 0.15) is 5.69 Å². The van der Waals surface area contributed by atoms with E-state index in [0.717, 1.165) is 43.0 Å². The van der Waals surface area contributed by atoms with E-state index in [9.17, 15) is 4.79 Å². The molecule has 0 aliphatic carbocycles. The van der Waals surface area contributed by atoms with E-state index in [1.54, 1.807) is 23.9 Å². The first-order chi connectivity index (χ1) is 11.1. The summed E-state index contributed by atoms with van der Waals surface area (Å²) in [7, 11) is 1.73. The fourth-order valence-electron chi connectivity index (χ4n) is 2.99. The Morgan fingerprint density at radius 1 is 1.35 bits per heavy atom. The van der Waals surface area contributed by atoms with Crippen molar-refractivity contribution in [2.24, 2.45) is 7.05 Å². The highest BCUT2D eigenvalue weighted by molar-refractivity contribution is 9.10. The largest absolute Gasteiger partial charge is 0.378 e. The molecule has 2 aliphatic rings. The van der Waals surface area contributed by atoms with Crippen LogP contribution in [0.15, 0.2) is 27.6 Å². The third kappa shape index (κ3) is 2.82. The molecule has 1 saturated heterocycles. The summed E-state index contributed by atoms with van der Waals surface area (Å²) in [5.41, 5.74) is 1.60. The Balaban J connectivity index is 1.56. The number of aryl methyl sites for hydroxylation is 1. The molecule has 0 spiro atoms. The van der Waals surface area contributed by atoms with E-state index < -0.39 is 0 Å². The number of pyridine rings is 1. The Kier molecular flexibility index (Phi) is 3.74. The topological polar surface area (TPSA) is 64.3 Å². The van der Waals surface area contributed by atoms with E-state index in [0.29, 0.717) is 17.5 Å². The van der Waals surface area contributed by atoms with Gasteiger partial charge >= 0.3 is 0 Å². The van der Waals surface area contributed by atoms with Gasteiger partial charge in [0.1, 0.15) is 5.69 Å². The standard InChI is InChI=1S/C15H18BrN5O2/c1-19-6-10(16)4-13(15(19)22)17-14-5-11-7-20(12-8-23-9-12)2-3-21(11)18-14/h4-6,12H,2-3,7-9H2,1H3,(H,17,18). The highest BCUT2D eigenvalue weighted by atomic mass is 79.9. The molecule has 4 heterocycles. The lowest BCUT2D eigenvalue weighted by Crippen LogP contribution is -2.51. The fourth-order valence-corrected chi connectivity index (χ4v) is 3.53. The molecule has 0 unspecified atom stereocenters. The SMILES string of the molecule is Cn1cc(Br)cc(Nc2cc3n(n2)CCN(C2COC2)C3)c1=O. The van der Waals surface area contributed by atoms with Crippen molar-refractivity contribution in [3.8, 4) is 0 Å². The summed E-state index contributed by atoms with van der Waals surface area (Å²) in [4.78, 5) is 14.6. The Labute approximate surface area is 142 Å². The van der Waals surface area contributed by atoms with E-state index in [4.69, 9.17) is 4.74 Å². The summed E-state index contributed by atoms with van der Waals surface area (Å²) in [6.07, 6.45) is 1.74. The average molecular weight is 380 g/mol. The van der Waals surface area contributed by atoms with Crippen molar-refractivity contribution in [1.29, 1.82) is 0 Å². The molecule has 23 heavy (non-hydrogen) atoms. The summed E-state index contributed by atoms with van der Waals surface area (Å²) >= 11 is 3.41. The van der Waals surface area contributed by atoms with E-state index in [1.807, 2.05) is 10.7 Å². The van der Waals surface area contributed by atoms with Crippen LogP contribution >= 0.6 is 15.9 Å². The second-order valence-electron chi connectivity index (χ2n) is 6.02. The van der Waals surface area contributed by atoms with Crippen LogP contribution in [0.2, 0.25) is 0 Å². The van der Waals surface area contributed by atoms with Gasteiger partial charge in [-0.25, -0.2) is 0 Å². The predicted molar refractivity (Wildman–Crippen MR) is 89.9 cm³/mol. The van der Waals surface area contributed by atoms with Crippen LogP contribution in [-0.4, -0.2) is 45.0 Å². The smallest absolute Gasteiger partial charge is 0.274 e. The molecule has 122 valence electrons. The normalized spacial score (nSPS) is 18.5. The number of rotatable bonds is 3. The van der Waals surface area contributed by atoms with Crippen molar-refractivity contribution in [3.05, 3.63) is 38.9 Å². The van der Waals surface area contributed by atoms with Crippen LogP contribution < -0.4 is 10.9 Å². The van der Waals surface area contributed by atoms with Gasteiger partial charge in [0, 0.05) is 36.9 Å². The number of ether oxygens (including phenoxy) is 1. The number of nitrogens with zero attached hydrogens (tertiary/aromatic N) is 4. The van der Waals surface area contributed by atoms with Crippen molar-refractivity contribution in [2.75, 3.05) is 25.1 Å². The van der Waals surface area contributed by atoms with Crippen LogP contribution in [0.25, 0.3) is 0 Å². The first-order valence-electron chi connectivity index (χ1n) is 7.62. The van der Waals surface area contributed by atoms with Gasteiger partial charge in [-0.1, -0.05) is 0 Å². The summed E-state index contributed by atoms with van der Waals surface area (Å²) in [6.45, 7) is 4.38. The highest BCUT2D eigenvalue weighted by Crippen LogP contribution is 2.23. The maximum Gasteiger partial charge on any atom is 0.274 e. The van der Waals surface area contributed by atoms with E-state index in [-0.39, 0.29) is 5.56 Å². The van der Waals surface area contributed by atoms with Gasteiger partial charge in [0.05, 0.1) is 31.5 Å². The quantitative estimate of drug-likeness (QED) is 0.870. The third-order valence-corrected chi connectivity index (χ3v) is 4.81. The van der Waals surface area contributed by atoms with E-state index in [2.05, 4.69) is 31.2 Å². The van der Waals surface area contributed by atoms with Gasteiger partial charge in [0.25, 0.3) is 5.56 Å². The molecule has 0 aromatic carbocycles. The number of halogens is 1. The molecule has 0 saturated carbocycles. The van der Waals surface area contributed by atoms with Crippen LogP contribution in [0.5, 0.6) is 0 Å². The lowest BCUT2D eigenvalue weighted by molar-refractivity contribution is -0.0735. The van der Waals surface area contributed by atoms with Crippen LogP contribution in [0.3, 0.4) is 0 Å². The average Bonchev–Trinajstić information content (AvgIpc) is 2.84. The van der Waals surface area contributed by atoms with Gasteiger partial charge in [0.2, 0.25) is 0 Å². The molecule has 1 N–H and O–H groups in total. The van der Waals surface area contributed by atoms with Crippen molar-refractivity contribution < 1.29 is 4.74 Å². The molecule has 0 atom stereocenters. The van der Waals surface area contributed by atoms with Gasteiger partial charge in [-0.3, -0.25) is 14.4 Å². The number of hydrogen-bond acceptors (Lipinski definition) is 5. The Morgan fingerprint density at radius 2 is 2.17 bits per heavy atom. The molecule has 0 radical (unpaired) electrons. The minimum absolute atomic E-state index is 0.0765. The molecule has 2 aliphatic heterocycles. The molecule has 4 rings (SSSR count). The van der Waals surface area contributed by atoms with Crippen LogP contribution in [0.4, 0.5) is 11.5 Å². The molecule has 2 aromatic rings. The minimum Gasteiger partial charge on any atom is -0.378 e. The van der Waals surface area contributed by atoms with Gasteiger partial charge in [-0.05, 0) is 22.0 Å². The van der Waals surface area contributed by atoms with E-state index >= 15 is 0 Å². The van der Waals surface area contributed by atoms with Crippen LogP contribution in [-0.2, 0) is 24.9 Å². The molecule has 2 aromatic heterocycles. The Morgan fingerprint density at radius 3 is 2.91 bits per heavy atom. The number of aromatic nitrogens is 3. The highest BCUT2D eigenvalue weighted by Gasteiger charge is 2.29. The molecule has 7 nitrogen and oxygen atoms in total. The van der Waals surface area contributed by atoms with Crippen molar-refractivity contribution in [1.82, 2.24) is 19.2 Å². The Hall–Kier alpha value is -1.64. The third-order valence-electron chi connectivity index (χ3n) is 4.38. The number of hydrogen-bond donors (Lipinski definition) is 1. The second-order valence-corrected chi connectivity index (χ2v) is 6.93. The Bertz CT molecular complexity index is 796. The minimum atomic E-state index is -0.0765. The van der Waals surface area contributed by atoms with Crippen molar-refractivity contribution >= 4 is 27.4 Å². The molecule has 1 fully saturated rings. The molecule has 8 heteroatoms. The van der Waals surface area contributed by atoms with Crippen molar-refractivity contribution in [3.63, 3.8) is 0 Å². The number of nitrogens with one attached hydrogen (secondary N) is 1. The van der Waals surface area contributed by atoms with Gasteiger partial charge in [0.15, 0.2) is 5.82 Å². The zero-order valence-corrected chi connectivity index (χ0v) is 14.4. The summed E-state index contributed by atoms with van der Waals surface area (Å²) in [5, 5.41) is 7.71. The first kappa shape index (κ1) is 14.9. The summed E-state index contributed by atoms with van der Waals surface area (Å²) in [6, 6.07) is 4.33. The van der Waals surface area contributed by atoms with Crippen molar-refractivity contribution in [2.45, 2.75) is 19.1 Å². The summed E-state index contributed by atoms with van der Waals surface area (Å²) < 4.78 is 9.68. The maximum absolute atomic E-state index is 12.2. The lowest BCUT2D eigenvalue weighted by atomic mass is 10.2. The molecular weight excluding hydrogens is 362 g/mol. The zero-order chi connectivity index (χ0) is 16.0. The van der Waals surface area contributed by atoms with Gasteiger partial charge in [-0.2, -0.15) is 5.10 Å². The molecule has 0 amide bonds. The molecular formula is C15H18BrN5O2. The monoisotopic (exact) mass is 379 g/mol. The predicted octanol–water partition coefficient (Wildman–Crippen LogP) is 1.30. The maximum atomic E-state index is 12.2. The van der Waals surface area contributed by atoms with Gasteiger partial charge in [-0.15, -0.1) is 0 Å². The number of anilines is 2. The van der Waals surface area contributed by atoms with Crippen LogP contribution in [0, 0.1) is 0 Å². The number of fused-ring (bicyclic) bond motifs is 1. The lowest BCUT2D eigenvalue weighted by Gasteiger charge is -2.39. The van der Waals surface area contributed by atoms with Gasteiger partial charge < -0.3 is 14.6 Å². The molecule has 0 bridgehead atoms. The summed E-state index contributed by atoms with van der Waals surface area (Å²) in [5.74, 6) is 0.710. The zero-order valence-electron chi connectivity index (χ0n) is 12.8. The fraction of sp³-hybridized carbons (Fsp3) is 0.467.